The lowest BCUT2D eigenvalue weighted by Crippen LogP contribution is -2.17. The van der Waals surface area contributed by atoms with E-state index in [4.69, 9.17) is 27.9 Å². The molecule has 2 aromatic rings. The number of carbonyl (C=O) groups is 2. The average molecular weight is 400 g/mol. The molecule has 0 bridgehead atoms. The van der Waals surface area contributed by atoms with Gasteiger partial charge in [-0.15, -0.1) is 11.3 Å². The molecule has 7 heteroatoms. The predicted octanol–water partition coefficient (Wildman–Crippen LogP) is 5.74. The van der Waals surface area contributed by atoms with Crippen LogP contribution in [-0.4, -0.2) is 18.0 Å². The Morgan fingerprint density at radius 1 is 1.24 bits per heavy atom. The fraction of sp³-hybridized carbons (Fsp3) is 0.333. The van der Waals surface area contributed by atoms with Gasteiger partial charge in [0.25, 0.3) is 5.91 Å². The first-order chi connectivity index (χ1) is 11.7. The minimum absolute atomic E-state index is 0.240. The van der Waals surface area contributed by atoms with Crippen molar-refractivity contribution >= 4 is 51.4 Å². The maximum Gasteiger partial charge on any atom is 0.341 e. The van der Waals surface area contributed by atoms with Gasteiger partial charge in [-0.05, 0) is 51.0 Å². The van der Waals surface area contributed by atoms with E-state index in [1.165, 1.54) is 17.4 Å². The molecule has 0 fully saturated rings. The number of amides is 1. The van der Waals surface area contributed by atoms with Gasteiger partial charge in [0.05, 0.1) is 21.7 Å². The average Bonchev–Trinajstić information content (AvgIpc) is 2.84. The number of thiophene rings is 1. The molecular formula is C18H19Cl2NO3S. The number of carbonyl (C=O) groups excluding carboxylic acids is 2. The largest absolute Gasteiger partial charge is 0.459 e. The molecule has 1 heterocycles. The van der Waals surface area contributed by atoms with Crippen LogP contribution < -0.4 is 5.32 Å². The van der Waals surface area contributed by atoms with Crippen LogP contribution in [0.3, 0.4) is 0 Å². The third-order valence-corrected chi connectivity index (χ3v) is 5.32. The lowest BCUT2D eigenvalue weighted by atomic mass is 10.1. The van der Waals surface area contributed by atoms with Gasteiger partial charge in [-0.2, -0.15) is 0 Å². The number of anilines is 1. The van der Waals surface area contributed by atoms with Gasteiger partial charge in [0.1, 0.15) is 5.00 Å². The van der Waals surface area contributed by atoms with Crippen LogP contribution in [0.4, 0.5) is 5.00 Å². The first-order valence-corrected chi connectivity index (χ1v) is 9.41. The number of aryl methyl sites for hydroxylation is 1. The van der Waals surface area contributed by atoms with Gasteiger partial charge in [-0.1, -0.05) is 30.1 Å². The van der Waals surface area contributed by atoms with E-state index in [-0.39, 0.29) is 12.0 Å². The summed E-state index contributed by atoms with van der Waals surface area (Å²) in [7, 11) is 0. The highest BCUT2D eigenvalue weighted by Crippen LogP contribution is 2.35. The van der Waals surface area contributed by atoms with Crippen LogP contribution >= 0.6 is 34.5 Å². The molecule has 0 radical (unpaired) electrons. The first kappa shape index (κ1) is 19.8. The summed E-state index contributed by atoms with van der Waals surface area (Å²) in [6.07, 6.45) is 0.434. The van der Waals surface area contributed by atoms with Crippen molar-refractivity contribution in [3.8, 4) is 0 Å². The van der Waals surface area contributed by atoms with E-state index in [0.29, 0.717) is 32.6 Å². The monoisotopic (exact) mass is 399 g/mol. The van der Waals surface area contributed by atoms with Crippen molar-refractivity contribution in [1.82, 2.24) is 0 Å². The molecule has 134 valence electrons. The summed E-state index contributed by atoms with van der Waals surface area (Å²) < 4.78 is 5.33. The minimum Gasteiger partial charge on any atom is -0.459 e. The van der Waals surface area contributed by atoms with E-state index >= 15 is 0 Å². The fourth-order valence-electron chi connectivity index (χ4n) is 2.39. The molecule has 0 spiro atoms. The molecule has 25 heavy (non-hydrogen) atoms. The third kappa shape index (κ3) is 4.54. The van der Waals surface area contributed by atoms with Gasteiger partial charge >= 0.3 is 5.97 Å². The number of ether oxygens (including phenoxy) is 1. The highest BCUT2D eigenvalue weighted by molar-refractivity contribution is 7.16. The summed E-state index contributed by atoms with van der Waals surface area (Å²) in [5.41, 5.74) is 1.67. The first-order valence-electron chi connectivity index (χ1n) is 7.84. The van der Waals surface area contributed by atoms with Crippen LogP contribution in [-0.2, 0) is 11.2 Å². The maximum absolute atomic E-state index is 12.5. The molecule has 0 unspecified atom stereocenters. The molecule has 1 amide bonds. The molecule has 1 aromatic carbocycles. The number of halogens is 2. The number of rotatable bonds is 5. The SMILES string of the molecule is CCc1c(C)sc(NC(=O)c2ccc(Cl)c(Cl)c2)c1C(=O)OC(C)C. The molecule has 4 nitrogen and oxygen atoms in total. The van der Waals surface area contributed by atoms with E-state index in [9.17, 15) is 9.59 Å². The number of hydrogen-bond acceptors (Lipinski definition) is 4. The Morgan fingerprint density at radius 3 is 2.48 bits per heavy atom. The minimum atomic E-state index is -0.430. The standard InChI is InChI=1S/C18H19Cl2NO3S/c1-5-12-10(4)25-17(15(12)18(23)24-9(2)3)21-16(22)11-6-7-13(19)14(20)8-11/h6-9H,5H2,1-4H3,(H,21,22). The van der Waals surface area contributed by atoms with Crippen molar-refractivity contribution in [2.75, 3.05) is 5.32 Å². The number of esters is 1. The molecule has 0 aliphatic heterocycles. The summed E-state index contributed by atoms with van der Waals surface area (Å²) in [6.45, 7) is 7.46. The predicted molar refractivity (Wildman–Crippen MR) is 103 cm³/mol. The van der Waals surface area contributed by atoms with Crippen molar-refractivity contribution in [2.45, 2.75) is 40.2 Å². The fourth-order valence-corrected chi connectivity index (χ4v) is 3.82. The van der Waals surface area contributed by atoms with Crippen LogP contribution in [0.25, 0.3) is 0 Å². The summed E-state index contributed by atoms with van der Waals surface area (Å²) in [4.78, 5) is 26.0. The Balaban J connectivity index is 2.36. The quantitative estimate of drug-likeness (QED) is 0.651. The van der Waals surface area contributed by atoms with E-state index in [0.717, 1.165) is 10.4 Å². The molecule has 0 aliphatic rings. The van der Waals surface area contributed by atoms with Crippen LogP contribution in [0, 0.1) is 6.92 Å². The Labute approximate surface area is 161 Å². The highest BCUT2D eigenvalue weighted by atomic mass is 35.5. The lowest BCUT2D eigenvalue weighted by molar-refractivity contribution is 0.0378. The van der Waals surface area contributed by atoms with E-state index in [1.807, 2.05) is 13.8 Å². The third-order valence-electron chi connectivity index (χ3n) is 3.52. The van der Waals surface area contributed by atoms with Gasteiger partial charge in [0.2, 0.25) is 0 Å². The normalized spacial score (nSPS) is 10.8. The van der Waals surface area contributed by atoms with E-state index in [1.54, 1.807) is 26.0 Å². The molecule has 1 N–H and O–H groups in total. The zero-order chi connectivity index (χ0) is 18.7. The molecule has 0 saturated heterocycles. The van der Waals surface area contributed by atoms with Crippen molar-refractivity contribution in [3.05, 3.63) is 49.8 Å². The van der Waals surface area contributed by atoms with Crippen molar-refractivity contribution in [3.63, 3.8) is 0 Å². The zero-order valence-corrected chi connectivity index (χ0v) is 16.7. The van der Waals surface area contributed by atoms with Gasteiger partial charge < -0.3 is 10.1 Å². The molecular weight excluding hydrogens is 381 g/mol. The Bertz CT molecular complexity index is 815. The molecule has 0 aliphatic carbocycles. The van der Waals surface area contributed by atoms with Gasteiger partial charge in [0.15, 0.2) is 0 Å². The second-order valence-electron chi connectivity index (χ2n) is 5.73. The number of hydrogen-bond donors (Lipinski definition) is 1. The Hall–Kier alpha value is -1.56. The van der Waals surface area contributed by atoms with E-state index in [2.05, 4.69) is 5.32 Å². The van der Waals surface area contributed by atoms with E-state index < -0.39 is 5.97 Å². The smallest absolute Gasteiger partial charge is 0.341 e. The number of benzene rings is 1. The maximum atomic E-state index is 12.5. The van der Waals surface area contributed by atoms with Crippen molar-refractivity contribution in [1.29, 1.82) is 0 Å². The van der Waals surface area contributed by atoms with Crippen LogP contribution in [0.15, 0.2) is 18.2 Å². The summed E-state index contributed by atoms with van der Waals surface area (Å²) in [5.74, 6) is -0.790. The highest BCUT2D eigenvalue weighted by Gasteiger charge is 2.24. The summed E-state index contributed by atoms with van der Waals surface area (Å²) in [6, 6.07) is 4.63. The summed E-state index contributed by atoms with van der Waals surface area (Å²) in [5, 5.41) is 3.95. The second-order valence-corrected chi connectivity index (χ2v) is 7.77. The van der Waals surface area contributed by atoms with Crippen LogP contribution in [0.5, 0.6) is 0 Å². The number of nitrogens with one attached hydrogen (secondary N) is 1. The molecule has 1 aromatic heterocycles. The molecule has 0 atom stereocenters. The zero-order valence-electron chi connectivity index (χ0n) is 14.4. The topological polar surface area (TPSA) is 55.4 Å². The second kappa shape index (κ2) is 8.21. The van der Waals surface area contributed by atoms with Gasteiger partial charge in [-0.3, -0.25) is 4.79 Å². The molecule has 0 saturated carbocycles. The van der Waals surface area contributed by atoms with Crippen LogP contribution in [0.1, 0.15) is 51.9 Å². The molecule has 2 rings (SSSR count). The van der Waals surface area contributed by atoms with Crippen molar-refractivity contribution < 1.29 is 14.3 Å². The van der Waals surface area contributed by atoms with Gasteiger partial charge in [-0.25, -0.2) is 4.79 Å². The van der Waals surface area contributed by atoms with Crippen LogP contribution in [0.2, 0.25) is 10.0 Å². The summed E-state index contributed by atoms with van der Waals surface area (Å²) >= 11 is 13.2. The lowest BCUT2D eigenvalue weighted by Gasteiger charge is -2.11. The van der Waals surface area contributed by atoms with Gasteiger partial charge in [0, 0.05) is 10.4 Å². The Kier molecular flexibility index (Phi) is 6.49. The van der Waals surface area contributed by atoms with Crippen molar-refractivity contribution in [2.24, 2.45) is 0 Å². The Morgan fingerprint density at radius 2 is 1.92 bits per heavy atom.